The number of thioether (sulfide) groups is 1. The van der Waals surface area contributed by atoms with E-state index in [1.807, 2.05) is 113 Å². The number of allylic oxidation sites excluding steroid dienone is 8. The number of aromatic nitrogens is 4. The Bertz CT molecular complexity index is 4840. The second kappa shape index (κ2) is 49.3. The van der Waals surface area contributed by atoms with Crippen LogP contribution in [-0.4, -0.2) is 37.4 Å². The molecule has 0 saturated heterocycles. The van der Waals surface area contributed by atoms with Gasteiger partial charge in [0.1, 0.15) is 12.2 Å². The number of aryl methyl sites for hydroxylation is 16. The summed E-state index contributed by atoms with van der Waals surface area (Å²) in [5.41, 5.74) is 26.2. The second-order valence-electron chi connectivity index (χ2n) is 30.5. The molecule has 19 rings (SSSR count). The molecule has 9 heterocycles. The fourth-order valence-corrected chi connectivity index (χ4v) is 15.9. The molecule has 3 radical (unpaired) electrons. The molecule has 6 unspecified atom stereocenters. The average Bonchev–Trinajstić information content (AvgIpc) is 1.75. The number of fused-ring (bicyclic) bond motifs is 8. The van der Waals surface area contributed by atoms with Gasteiger partial charge in [0.05, 0.1) is 23.6 Å². The van der Waals surface area contributed by atoms with Gasteiger partial charge in [0.25, 0.3) is 0 Å². The Balaban J connectivity index is 0.000000202. The molecule has 0 saturated carbocycles. The van der Waals surface area contributed by atoms with Crippen LogP contribution in [0.1, 0.15) is 130 Å². The second-order valence-corrected chi connectivity index (χ2v) is 33.1. The van der Waals surface area contributed by atoms with Crippen molar-refractivity contribution in [1.29, 1.82) is 0 Å². The molecule has 118 heavy (non-hydrogen) atoms. The molecule has 6 atom stereocenters. The van der Waals surface area contributed by atoms with Crippen molar-refractivity contribution < 1.29 is 112 Å². The first-order valence-corrected chi connectivity index (χ1v) is 41.5. The van der Waals surface area contributed by atoms with Gasteiger partial charge in [-0.3, -0.25) is 31.3 Å². The zero-order valence-corrected chi connectivity index (χ0v) is 83.5. The number of hydrogen-bond donors (Lipinski definition) is 0. The number of pyridine rings is 4. The number of furan rings is 1. The molecule has 7 aromatic carbocycles. The molecule has 0 fully saturated rings. The number of rotatable bonds is 0. The Labute approximate surface area is 789 Å². The molecule has 0 amide bonds. The third-order valence-corrected chi connectivity index (χ3v) is 23.4. The number of hydrogen-bond acceptors (Lipinski definition) is 9. The van der Waals surface area contributed by atoms with Crippen LogP contribution in [0.2, 0.25) is 0 Å². The van der Waals surface area contributed by atoms with E-state index in [-0.39, 0.29) is 98.1 Å². The van der Waals surface area contributed by atoms with Crippen LogP contribution >= 0.6 is 23.1 Å². The number of ether oxygens (including phenoxy) is 2. The van der Waals surface area contributed by atoms with Crippen LogP contribution in [0.25, 0.3) is 54.1 Å². The maximum Gasteiger partial charge on any atom is 0.129 e. The largest absolute Gasteiger partial charge is 0.571 e. The normalized spacial score (nSPS) is 16.7. The summed E-state index contributed by atoms with van der Waals surface area (Å²) in [6.07, 6.45) is 35.1. The SMILES string of the molecule is CC1=CC=C(C)C2OC=CC12.CC1=CC=C(C)C2OC=CC12.CC1=CC=C(C)C2SC=CC12.Cc1[c-]cc(C)cc1.Cc1[c-]cc(C)o1.Cc1[c-]cc(C)s1.Cc1ccc(C)c2ccccc12.Cc1ccc(C)c2cnccc12.Cc1ccc(C)c2cnccc12.Cc1ccc(C)c2ncccc12.Cc1ccc(C)c2ncccc12.[Y].[Y].[Y]. The van der Waals surface area contributed by atoms with Gasteiger partial charge in [0.2, 0.25) is 0 Å². The zero-order chi connectivity index (χ0) is 82.8. The van der Waals surface area contributed by atoms with E-state index in [0.29, 0.717) is 35.2 Å². The van der Waals surface area contributed by atoms with E-state index < -0.39 is 0 Å². The Morgan fingerprint density at radius 1 is 0.331 bits per heavy atom. The molecule has 7 nitrogen and oxygen atoms in total. The maximum absolute atomic E-state index is 5.45. The topological polar surface area (TPSA) is 83.2 Å². The van der Waals surface area contributed by atoms with Crippen LogP contribution < -0.4 is 0 Å². The van der Waals surface area contributed by atoms with Gasteiger partial charge in [-0.15, -0.1) is 21.5 Å². The Morgan fingerprint density at radius 3 is 1.05 bits per heavy atom. The Morgan fingerprint density at radius 2 is 0.720 bits per heavy atom. The molecule has 0 spiro atoms. The predicted octanol–water partition coefficient (Wildman–Crippen LogP) is 28.8. The predicted molar refractivity (Wildman–Crippen MR) is 494 cm³/mol. The van der Waals surface area contributed by atoms with Gasteiger partial charge in [0, 0.05) is 180 Å². The van der Waals surface area contributed by atoms with Crippen molar-refractivity contribution in [2.75, 3.05) is 0 Å². The van der Waals surface area contributed by atoms with Crippen molar-refractivity contribution >= 4 is 77.2 Å². The van der Waals surface area contributed by atoms with Crippen molar-refractivity contribution in [3.05, 3.63) is 401 Å². The summed E-state index contributed by atoms with van der Waals surface area (Å²) in [4.78, 5) is 19.5. The van der Waals surface area contributed by atoms with E-state index in [0.717, 1.165) is 22.6 Å². The molecule has 601 valence electrons. The maximum atomic E-state index is 5.45. The fraction of sp³-hybridized carbons (Fsp3) is 0.264. The first-order chi connectivity index (χ1) is 55.2. The van der Waals surface area contributed by atoms with Crippen molar-refractivity contribution in [1.82, 2.24) is 19.9 Å². The van der Waals surface area contributed by atoms with Crippen LogP contribution in [0.15, 0.2) is 299 Å². The van der Waals surface area contributed by atoms with Crippen LogP contribution in [0.5, 0.6) is 0 Å². The van der Waals surface area contributed by atoms with E-state index in [9.17, 15) is 0 Å². The molecular weight excluding hydrogens is 1710 g/mol. The summed E-state index contributed by atoms with van der Waals surface area (Å²) in [7, 11) is 0. The monoisotopic (exact) mass is 1820 g/mol. The third kappa shape index (κ3) is 28.5. The van der Waals surface area contributed by atoms with Gasteiger partial charge in [-0.2, -0.15) is 41.5 Å². The summed E-state index contributed by atoms with van der Waals surface area (Å²) < 4.78 is 15.9. The summed E-state index contributed by atoms with van der Waals surface area (Å²) in [6, 6.07) is 61.4. The molecule has 0 bridgehead atoms. The van der Waals surface area contributed by atoms with E-state index >= 15 is 0 Å². The standard InChI is InChI=1S/C12H12.4C11H11N.2C10H12O.C10H12S.C8H9.C6H7O.C6H7S.3Y/c1-9-7-8-10(2)12-6-4-3-5-11(9)12;2*1-8-3-4-9(2)11-7-12-6-5-10(8)11;2*1-8-5-6-9(2)11-10(8)4-3-7-12-11;3*1-7-3-4-8(2)10-9(7)5-6-11-10;1-7-3-5-8(2)6-4-7;2*1-5-3-4-6(2)7-5;;;/h3-8H,1-2H3;4*3-7H,1-2H3;3*3-6,9-10H,1-2H3;3-5H,1-2H3;2*3H,1-2H3;;;/q;;;;;;;;3*-1;;;. The molecule has 3 aliphatic heterocycles. The Kier molecular flexibility index (Phi) is 41.4. The van der Waals surface area contributed by atoms with E-state index in [1.54, 1.807) is 11.3 Å². The Hall–Kier alpha value is -7.66. The van der Waals surface area contributed by atoms with Crippen molar-refractivity contribution in [2.45, 2.75) is 170 Å². The minimum Gasteiger partial charge on any atom is -0.571 e. The quantitative estimate of drug-likeness (QED) is 0.139. The van der Waals surface area contributed by atoms with Gasteiger partial charge >= 0.3 is 0 Å². The number of benzene rings is 7. The van der Waals surface area contributed by atoms with Gasteiger partial charge < -0.3 is 13.9 Å². The molecular formula is C106H115N4O3S2Y3-3. The number of nitrogens with zero attached hydrogens (tertiary/aromatic N) is 4. The molecule has 6 aliphatic rings. The van der Waals surface area contributed by atoms with Gasteiger partial charge in [-0.25, -0.2) is 18.2 Å². The number of thiophene rings is 1. The summed E-state index contributed by atoms with van der Waals surface area (Å²) in [5, 5.41) is 13.4. The van der Waals surface area contributed by atoms with Crippen LogP contribution in [0, 0.1) is 147 Å². The van der Waals surface area contributed by atoms with Gasteiger partial charge in [-0.1, -0.05) is 195 Å². The molecule has 13 aromatic rings. The smallest absolute Gasteiger partial charge is 0.129 e. The summed E-state index contributed by atoms with van der Waals surface area (Å²) in [6.45, 7) is 46.2. The zero-order valence-electron chi connectivity index (χ0n) is 73.4. The third-order valence-electron chi connectivity index (χ3n) is 21.2. The molecule has 0 N–H and O–H groups in total. The van der Waals surface area contributed by atoms with Crippen molar-refractivity contribution in [3.8, 4) is 0 Å². The van der Waals surface area contributed by atoms with Gasteiger partial charge in [-0.05, 0) is 261 Å². The molecule has 12 heteroatoms. The van der Waals surface area contributed by atoms with Gasteiger partial charge in [0.15, 0.2) is 0 Å². The minimum atomic E-state index is 0. The van der Waals surface area contributed by atoms with Crippen molar-refractivity contribution in [2.24, 2.45) is 17.8 Å². The molecule has 6 aromatic heterocycles. The van der Waals surface area contributed by atoms with Crippen LogP contribution in [-0.2, 0) is 108 Å². The van der Waals surface area contributed by atoms with Crippen LogP contribution in [0.4, 0.5) is 0 Å². The molecule has 3 aliphatic carbocycles. The van der Waals surface area contributed by atoms with E-state index in [2.05, 4.69) is 351 Å². The van der Waals surface area contributed by atoms with E-state index in [1.165, 1.54) is 153 Å². The first kappa shape index (κ1) is 99.2. The van der Waals surface area contributed by atoms with Crippen molar-refractivity contribution in [3.63, 3.8) is 0 Å². The van der Waals surface area contributed by atoms with Crippen LogP contribution in [0.3, 0.4) is 0 Å². The first-order valence-electron chi connectivity index (χ1n) is 39.7. The minimum absolute atomic E-state index is 0. The fourth-order valence-electron chi connectivity index (χ4n) is 14.0. The van der Waals surface area contributed by atoms with E-state index in [4.69, 9.17) is 13.9 Å². The summed E-state index contributed by atoms with van der Waals surface area (Å²) >= 11 is 3.74. The average molecular weight is 1820 g/mol. The summed E-state index contributed by atoms with van der Waals surface area (Å²) in [5.74, 6) is 3.47.